The zero-order chi connectivity index (χ0) is 7.72. The molecule has 0 spiro atoms. The average Bonchev–Trinajstić information content (AvgIpc) is 1.82. The van der Waals surface area contributed by atoms with Crippen LogP contribution in [-0.2, 0) is 0 Å². The third-order valence-electron chi connectivity index (χ3n) is 0.885. The maximum atomic E-state index is 3.37. The van der Waals surface area contributed by atoms with Crippen LogP contribution >= 0.6 is 63.7 Å². The highest BCUT2D eigenvalue weighted by molar-refractivity contribution is 9.14. The van der Waals surface area contributed by atoms with Gasteiger partial charge in [-0.3, -0.25) is 0 Å². The van der Waals surface area contributed by atoms with Crippen molar-refractivity contribution < 1.29 is 0 Å². The molecule has 0 bridgehead atoms. The Morgan fingerprint density at radius 1 is 1.10 bits per heavy atom. The van der Waals surface area contributed by atoms with Crippen LogP contribution in [0.4, 0.5) is 0 Å². The first-order valence-corrected chi connectivity index (χ1v) is 5.51. The second-order valence-corrected chi connectivity index (χ2v) is 4.89. The molecule has 1 aromatic carbocycles. The van der Waals surface area contributed by atoms with Gasteiger partial charge in [0.25, 0.3) is 0 Å². The molecule has 0 aliphatic heterocycles. The fourth-order valence-corrected chi connectivity index (χ4v) is 2.81. The monoisotopic (exact) mass is 389 g/mol. The Bertz CT molecular complexity index is 233. The summed E-state index contributed by atoms with van der Waals surface area (Å²) >= 11 is 13.4. The summed E-state index contributed by atoms with van der Waals surface area (Å²) in [4.78, 5) is 0. The van der Waals surface area contributed by atoms with Crippen molar-refractivity contribution in [3.05, 3.63) is 30.0 Å². The highest BCUT2D eigenvalue weighted by Gasteiger charge is 2.02. The van der Waals surface area contributed by atoms with Gasteiger partial charge in [-0.05, 0) is 53.9 Å². The molecule has 0 N–H and O–H groups in total. The molecule has 0 saturated heterocycles. The van der Waals surface area contributed by atoms with E-state index in [2.05, 4.69) is 69.8 Å². The van der Waals surface area contributed by atoms with Gasteiger partial charge in [0.1, 0.15) is 0 Å². The van der Waals surface area contributed by atoms with Gasteiger partial charge in [0.15, 0.2) is 0 Å². The fraction of sp³-hybridized carbons (Fsp3) is 0. The second kappa shape index (κ2) is 3.70. The van der Waals surface area contributed by atoms with Crippen molar-refractivity contribution in [1.82, 2.24) is 0 Å². The molecule has 0 atom stereocenters. The lowest BCUT2D eigenvalue weighted by Gasteiger charge is -1.98. The summed E-state index contributed by atoms with van der Waals surface area (Å²) in [7, 11) is 0. The Morgan fingerprint density at radius 2 is 1.70 bits per heavy atom. The Morgan fingerprint density at radius 3 is 2.20 bits per heavy atom. The van der Waals surface area contributed by atoms with E-state index in [1.54, 1.807) is 0 Å². The molecule has 0 saturated carbocycles. The predicted molar refractivity (Wildman–Crippen MR) is 56.1 cm³/mol. The first kappa shape index (κ1) is 9.23. The van der Waals surface area contributed by atoms with Gasteiger partial charge in [-0.2, -0.15) is 0 Å². The largest absolute Gasteiger partial charge is 0.0501 e. The van der Waals surface area contributed by atoms with Gasteiger partial charge in [0.05, 0.1) is 0 Å². The molecule has 1 rings (SSSR count). The minimum atomic E-state index is 0.911. The number of hydrogen-bond donors (Lipinski definition) is 0. The quantitative estimate of drug-likeness (QED) is 0.449. The van der Waals surface area contributed by atoms with E-state index in [9.17, 15) is 0 Å². The molecular formula is C6HBr4. The summed E-state index contributed by atoms with van der Waals surface area (Å²) in [5.41, 5.74) is 0. The van der Waals surface area contributed by atoms with Crippen LogP contribution in [0.25, 0.3) is 0 Å². The predicted octanol–water partition coefficient (Wildman–Crippen LogP) is 4.54. The minimum absolute atomic E-state index is 0.911. The topological polar surface area (TPSA) is 0 Å². The Kier molecular flexibility index (Phi) is 3.41. The van der Waals surface area contributed by atoms with E-state index in [0.29, 0.717) is 0 Å². The van der Waals surface area contributed by atoms with Crippen LogP contribution in [0.5, 0.6) is 0 Å². The molecule has 4 heteroatoms. The van der Waals surface area contributed by atoms with Gasteiger partial charge in [-0.1, -0.05) is 15.9 Å². The molecule has 0 aromatic heterocycles. The molecule has 0 heterocycles. The second-order valence-electron chi connectivity index (χ2n) is 1.59. The molecule has 0 aliphatic carbocycles. The van der Waals surface area contributed by atoms with Crippen molar-refractivity contribution in [3.63, 3.8) is 0 Å². The normalized spacial score (nSPS) is 10.0. The number of hydrogen-bond acceptors (Lipinski definition) is 0. The van der Waals surface area contributed by atoms with E-state index in [4.69, 9.17) is 0 Å². The Labute approximate surface area is 92.9 Å². The highest BCUT2D eigenvalue weighted by Crippen LogP contribution is 2.33. The van der Waals surface area contributed by atoms with Gasteiger partial charge in [-0.25, -0.2) is 0 Å². The van der Waals surface area contributed by atoms with Gasteiger partial charge >= 0.3 is 0 Å². The van der Waals surface area contributed by atoms with E-state index in [1.165, 1.54) is 0 Å². The van der Waals surface area contributed by atoms with Gasteiger partial charge in [0.2, 0.25) is 0 Å². The van der Waals surface area contributed by atoms with Crippen molar-refractivity contribution in [2.45, 2.75) is 0 Å². The molecule has 1 aromatic rings. The molecule has 0 nitrogen and oxygen atoms in total. The lowest BCUT2D eigenvalue weighted by atomic mass is 10.4. The Hall–Kier alpha value is 1.14. The molecule has 53 valence electrons. The first-order valence-electron chi connectivity index (χ1n) is 2.33. The van der Waals surface area contributed by atoms with Gasteiger partial charge < -0.3 is 0 Å². The average molecular weight is 393 g/mol. The zero-order valence-electron chi connectivity index (χ0n) is 4.59. The molecule has 0 amide bonds. The maximum absolute atomic E-state index is 3.37. The van der Waals surface area contributed by atoms with Crippen LogP contribution in [-0.4, -0.2) is 0 Å². The van der Waals surface area contributed by atoms with Crippen molar-refractivity contribution in [2.24, 2.45) is 0 Å². The minimum Gasteiger partial charge on any atom is -0.0501 e. The molecule has 0 aliphatic rings. The summed E-state index contributed by atoms with van der Waals surface area (Å²) in [6.07, 6.45) is 0. The van der Waals surface area contributed by atoms with Crippen molar-refractivity contribution in [1.29, 1.82) is 0 Å². The van der Waals surface area contributed by atoms with E-state index in [-0.39, 0.29) is 0 Å². The van der Waals surface area contributed by atoms with Crippen molar-refractivity contribution in [3.8, 4) is 0 Å². The first-order chi connectivity index (χ1) is 4.61. The third kappa shape index (κ3) is 2.06. The van der Waals surface area contributed by atoms with Crippen LogP contribution in [0.2, 0.25) is 0 Å². The third-order valence-corrected chi connectivity index (χ3v) is 4.42. The zero-order valence-corrected chi connectivity index (χ0v) is 10.9. The van der Waals surface area contributed by atoms with E-state index >= 15 is 0 Å². The molecular weight excluding hydrogens is 392 g/mol. The number of halogens is 4. The van der Waals surface area contributed by atoms with Crippen LogP contribution < -0.4 is 0 Å². The van der Waals surface area contributed by atoms with Crippen LogP contribution in [0.15, 0.2) is 24.0 Å². The van der Waals surface area contributed by atoms with E-state index in [1.807, 2.05) is 6.07 Å². The maximum Gasteiger partial charge on any atom is 0.0466 e. The Balaban J connectivity index is 3.31. The van der Waals surface area contributed by atoms with Gasteiger partial charge in [-0.15, -0.1) is 0 Å². The molecule has 0 unspecified atom stereocenters. The lowest BCUT2D eigenvalue weighted by Crippen LogP contribution is -1.73. The fourth-order valence-electron chi connectivity index (χ4n) is 0.475. The van der Waals surface area contributed by atoms with Crippen LogP contribution in [0, 0.1) is 6.07 Å². The van der Waals surface area contributed by atoms with Crippen LogP contribution in [0.3, 0.4) is 0 Å². The number of rotatable bonds is 0. The number of benzene rings is 1. The highest BCUT2D eigenvalue weighted by atomic mass is 79.9. The van der Waals surface area contributed by atoms with Crippen molar-refractivity contribution >= 4 is 63.7 Å². The van der Waals surface area contributed by atoms with Crippen molar-refractivity contribution in [2.75, 3.05) is 0 Å². The SMILES string of the molecule is Brc1[c]c(Br)c(Br)c(Br)c1. The molecule has 10 heavy (non-hydrogen) atoms. The summed E-state index contributed by atoms with van der Waals surface area (Å²) in [6.45, 7) is 0. The summed E-state index contributed by atoms with van der Waals surface area (Å²) in [6, 6.07) is 4.96. The molecule has 0 fully saturated rings. The van der Waals surface area contributed by atoms with E-state index < -0.39 is 0 Å². The summed E-state index contributed by atoms with van der Waals surface area (Å²) in [5, 5.41) is 0. The summed E-state index contributed by atoms with van der Waals surface area (Å²) < 4.78 is 3.82. The van der Waals surface area contributed by atoms with Gasteiger partial charge in [0, 0.05) is 24.0 Å². The smallest absolute Gasteiger partial charge is 0.0466 e. The molecule has 1 radical (unpaired) electrons. The lowest BCUT2D eigenvalue weighted by molar-refractivity contribution is 1.49. The van der Waals surface area contributed by atoms with Crippen LogP contribution in [0.1, 0.15) is 0 Å². The van der Waals surface area contributed by atoms with E-state index in [0.717, 1.165) is 17.9 Å². The standard InChI is InChI=1S/C6HBr4/c7-3-1-4(8)6(10)5(9)2-3/h1H. The summed E-state index contributed by atoms with van der Waals surface area (Å²) in [5.74, 6) is 0.